The molecule has 9 heteroatoms. The Morgan fingerprint density at radius 2 is 1.80 bits per heavy atom. The summed E-state index contributed by atoms with van der Waals surface area (Å²) >= 11 is 17.8. The molecular weight excluding hydrogens is 389 g/mol. The summed E-state index contributed by atoms with van der Waals surface area (Å²) in [6.45, 7) is 0. The van der Waals surface area contributed by atoms with Crippen LogP contribution in [0, 0.1) is 10.1 Å². The number of nitrogens with one attached hydrogen (secondary N) is 2. The number of hydrogen-bond donors (Lipinski definition) is 2. The van der Waals surface area contributed by atoms with E-state index < -0.39 is 14.9 Å². The van der Waals surface area contributed by atoms with E-state index in [1.807, 2.05) is 18.2 Å². The topological polar surface area (TPSA) is 84.3 Å². The Bertz CT molecular complexity index is 751. The first-order valence-corrected chi connectivity index (χ1v) is 8.30. The van der Waals surface area contributed by atoms with Crippen LogP contribution in [0.3, 0.4) is 0 Å². The Labute approximate surface area is 159 Å². The highest BCUT2D eigenvalue weighted by Crippen LogP contribution is 2.31. The number of rotatable bonds is 6. The Morgan fingerprint density at radius 3 is 2.40 bits per heavy atom. The van der Waals surface area contributed by atoms with E-state index in [2.05, 4.69) is 10.6 Å². The van der Waals surface area contributed by atoms with Gasteiger partial charge in [0.1, 0.15) is 6.17 Å². The van der Waals surface area contributed by atoms with Crippen LogP contribution in [-0.2, 0) is 11.2 Å². The predicted molar refractivity (Wildman–Crippen MR) is 99.1 cm³/mol. The van der Waals surface area contributed by atoms with Gasteiger partial charge in [-0.3, -0.25) is 14.9 Å². The van der Waals surface area contributed by atoms with E-state index in [1.165, 1.54) is 18.2 Å². The molecule has 2 aromatic rings. The molecule has 0 aliphatic rings. The number of alkyl halides is 3. The molecule has 0 radical (unpaired) electrons. The van der Waals surface area contributed by atoms with E-state index in [0.29, 0.717) is 5.69 Å². The van der Waals surface area contributed by atoms with Gasteiger partial charge in [-0.25, -0.2) is 0 Å². The number of nitrogens with zero attached hydrogens (tertiary/aromatic N) is 1. The Balaban J connectivity index is 2.10. The summed E-state index contributed by atoms with van der Waals surface area (Å²) in [5.41, 5.74) is 1.02. The summed E-state index contributed by atoms with van der Waals surface area (Å²) in [5.74, 6) is -0.361. The number of nitro benzene ring substituents is 1. The number of carbonyl (C=O) groups is 1. The molecule has 0 saturated carbocycles. The van der Waals surface area contributed by atoms with Gasteiger partial charge in [-0.15, -0.1) is 0 Å². The molecule has 132 valence electrons. The van der Waals surface area contributed by atoms with Crippen LogP contribution in [0.25, 0.3) is 0 Å². The van der Waals surface area contributed by atoms with Crippen LogP contribution in [-0.4, -0.2) is 20.8 Å². The summed E-state index contributed by atoms with van der Waals surface area (Å²) in [7, 11) is 0. The highest BCUT2D eigenvalue weighted by atomic mass is 35.6. The zero-order chi connectivity index (χ0) is 18.4. The van der Waals surface area contributed by atoms with Crippen molar-refractivity contribution in [1.29, 1.82) is 0 Å². The van der Waals surface area contributed by atoms with Crippen LogP contribution in [0.15, 0.2) is 54.6 Å². The van der Waals surface area contributed by atoms with Crippen molar-refractivity contribution in [2.45, 2.75) is 16.4 Å². The zero-order valence-electron chi connectivity index (χ0n) is 12.8. The Morgan fingerprint density at radius 1 is 1.12 bits per heavy atom. The van der Waals surface area contributed by atoms with Crippen molar-refractivity contribution in [2.24, 2.45) is 0 Å². The second kappa shape index (κ2) is 8.38. The van der Waals surface area contributed by atoms with Gasteiger partial charge < -0.3 is 10.6 Å². The number of hydrogen-bond acceptors (Lipinski definition) is 4. The Hall–Kier alpha value is -2.02. The monoisotopic (exact) mass is 401 g/mol. The maximum atomic E-state index is 12.2. The lowest BCUT2D eigenvalue weighted by molar-refractivity contribution is -0.384. The van der Waals surface area contributed by atoms with Crippen LogP contribution in [0.1, 0.15) is 5.56 Å². The van der Waals surface area contributed by atoms with Crippen LogP contribution < -0.4 is 10.6 Å². The standard InChI is InChI=1S/C16H14Cl3N3O3/c17-16(18,19)15(20-12-7-4-8-13(10-12)22(24)25)21-14(23)9-11-5-2-1-3-6-11/h1-8,10,15,20H,9H2,(H,21,23)/t15-/m0/s1. The molecule has 0 aliphatic carbocycles. The van der Waals surface area contributed by atoms with Gasteiger partial charge in [0, 0.05) is 17.8 Å². The maximum absolute atomic E-state index is 12.2. The fraction of sp³-hybridized carbons (Fsp3) is 0.188. The third-order valence-corrected chi connectivity index (χ3v) is 3.86. The van der Waals surface area contributed by atoms with Crippen LogP contribution in [0.2, 0.25) is 0 Å². The number of nitro groups is 1. The second-order valence-electron chi connectivity index (χ2n) is 5.16. The van der Waals surface area contributed by atoms with Gasteiger partial charge >= 0.3 is 0 Å². The van der Waals surface area contributed by atoms with E-state index in [0.717, 1.165) is 5.56 Å². The molecule has 2 N–H and O–H groups in total. The molecular formula is C16H14Cl3N3O3. The fourth-order valence-corrected chi connectivity index (χ4v) is 2.40. The van der Waals surface area contributed by atoms with Gasteiger partial charge in [0.25, 0.3) is 5.69 Å². The summed E-state index contributed by atoms with van der Waals surface area (Å²) in [6, 6.07) is 14.8. The smallest absolute Gasteiger partial charge is 0.271 e. The summed E-state index contributed by atoms with van der Waals surface area (Å²) in [5, 5.41) is 16.2. The predicted octanol–water partition coefficient (Wildman–Crippen LogP) is 4.06. The quantitative estimate of drug-likeness (QED) is 0.330. The van der Waals surface area contributed by atoms with Gasteiger partial charge in [0.2, 0.25) is 9.70 Å². The lowest BCUT2D eigenvalue weighted by Gasteiger charge is -2.27. The Kier molecular flexibility index (Phi) is 6.47. The van der Waals surface area contributed by atoms with Crippen molar-refractivity contribution in [3.05, 3.63) is 70.3 Å². The highest BCUT2D eigenvalue weighted by Gasteiger charge is 2.34. The fourth-order valence-electron chi connectivity index (χ4n) is 2.07. The van der Waals surface area contributed by atoms with Crippen molar-refractivity contribution >= 4 is 52.1 Å². The van der Waals surface area contributed by atoms with E-state index in [9.17, 15) is 14.9 Å². The van der Waals surface area contributed by atoms with E-state index in [4.69, 9.17) is 34.8 Å². The summed E-state index contributed by atoms with van der Waals surface area (Å²) in [6.07, 6.45) is -0.968. The summed E-state index contributed by atoms with van der Waals surface area (Å²) < 4.78 is -1.86. The SMILES string of the molecule is O=C(Cc1ccccc1)N[C@H](Nc1cccc([N+](=O)[O-])c1)C(Cl)(Cl)Cl. The molecule has 0 unspecified atom stereocenters. The van der Waals surface area contributed by atoms with Gasteiger partial charge in [-0.2, -0.15) is 0 Å². The van der Waals surface area contributed by atoms with Crippen molar-refractivity contribution in [1.82, 2.24) is 5.32 Å². The molecule has 2 aromatic carbocycles. The third kappa shape index (κ3) is 6.08. The summed E-state index contributed by atoms with van der Waals surface area (Å²) in [4.78, 5) is 22.5. The molecule has 2 rings (SSSR count). The third-order valence-electron chi connectivity index (χ3n) is 3.21. The molecule has 1 amide bonds. The van der Waals surface area contributed by atoms with E-state index >= 15 is 0 Å². The molecule has 0 bridgehead atoms. The lowest BCUT2D eigenvalue weighted by atomic mass is 10.1. The normalized spacial score (nSPS) is 12.3. The number of benzene rings is 2. The molecule has 0 aliphatic heterocycles. The molecule has 0 fully saturated rings. The number of halogens is 3. The van der Waals surface area contributed by atoms with E-state index in [1.54, 1.807) is 18.2 Å². The van der Waals surface area contributed by atoms with E-state index in [-0.39, 0.29) is 18.0 Å². The van der Waals surface area contributed by atoms with Gasteiger partial charge in [-0.05, 0) is 11.6 Å². The zero-order valence-corrected chi connectivity index (χ0v) is 15.1. The average molecular weight is 403 g/mol. The minimum Gasteiger partial charge on any atom is -0.362 e. The lowest BCUT2D eigenvalue weighted by Crippen LogP contribution is -2.49. The van der Waals surface area contributed by atoms with Crippen molar-refractivity contribution in [3.8, 4) is 0 Å². The number of amides is 1. The molecule has 0 saturated heterocycles. The van der Waals surface area contributed by atoms with Gasteiger partial charge in [0.05, 0.1) is 11.3 Å². The maximum Gasteiger partial charge on any atom is 0.271 e. The average Bonchev–Trinajstić information content (AvgIpc) is 2.54. The minimum atomic E-state index is -1.86. The molecule has 0 aromatic heterocycles. The number of carbonyl (C=O) groups excluding carboxylic acids is 1. The number of non-ortho nitro benzene ring substituents is 1. The van der Waals surface area contributed by atoms with Crippen LogP contribution in [0.5, 0.6) is 0 Å². The van der Waals surface area contributed by atoms with Crippen LogP contribution in [0.4, 0.5) is 11.4 Å². The second-order valence-corrected chi connectivity index (χ2v) is 7.53. The van der Waals surface area contributed by atoms with Crippen molar-refractivity contribution < 1.29 is 9.72 Å². The highest BCUT2D eigenvalue weighted by molar-refractivity contribution is 6.68. The van der Waals surface area contributed by atoms with Crippen molar-refractivity contribution in [3.63, 3.8) is 0 Å². The largest absolute Gasteiger partial charge is 0.362 e. The molecule has 0 spiro atoms. The number of anilines is 1. The first-order valence-electron chi connectivity index (χ1n) is 7.17. The van der Waals surface area contributed by atoms with Crippen molar-refractivity contribution in [2.75, 3.05) is 5.32 Å². The molecule has 1 atom stereocenters. The minimum absolute atomic E-state index is 0.106. The molecule has 6 nitrogen and oxygen atoms in total. The first kappa shape index (κ1) is 19.3. The van der Waals surface area contributed by atoms with Gasteiger partial charge in [-0.1, -0.05) is 71.2 Å². The van der Waals surface area contributed by atoms with Gasteiger partial charge in [0.15, 0.2) is 0 Å². The van der Waals surface area contributed by atoms with Crippen LogP contribution >= 0.6 is 34.8 Å². The molecule has 0 heterocycles. The molecule has 25 heavy (non-hydrogen) atoms. The first-order chi connectivity index (χ1) is 11.8.